The number of halogens is 1. The zero-order chi connectivity index (χ0) is 23.3. The molecule has 0 bridgehead atoms. The van der Waals surface area contributed by atoms with Crippen LogP contribution in [-0.4, -0.2) is 69.7 Å². The number of ether oxygens (including phenoxy) is 3. The first kappa shape index (κ1) is 22.8. The predicted octanol–water partition coefficient (Wildman–Crippen LogP) is 1.11. The van der Waals surface area contributed by atoms with E-state index in [1.165, 1.54) is 31.9 Å². The summed E-state index contributed by atoms with van der Waals surface area (Å²) in [5.74, 6) is -0.594. The number of esters is 1. The lowest BCUT2D eigenvalue weighted by Gasteiger charge is -2.35. The largest absolute Gasteiger partial charge is 0.476 e. The van der Waals surface area contributed by atoms with Crippen LogP contribution in [0, 0.1) is 0 Å². The van der Waals surface area contributed by atoms with E-state index in [4.69, 9.17) is 24.3 Å². The fourth-order valence-corrected chi connectivity index (χ4v) is 5.47. The van der Waals surface area contributed by atoms with Crippen molar-refractivity contribution in [1.82, 2.24) is 24.6 Å². The Balaban J connectivity index is 1.63. The molecule has 15 heteroatoms. The number of nitrogens with two attached hydrogens (primary N) is 1. The van der Waals surface area contributed by atoms with Gasteiger partial charge in [-0.3, -0.25) is 18.4 Å². The number of nitrogens with zero attached hydrogens (tertiary/aromatic N) is 4. The second-order valence-corrected chi connectivity index (χ2v) is 9.24. The highest BCUT2D eigenvalue weighted by atomic mass is 31.2. The molecule has 4 rings (SSSR count). The predicted molar refractivity (Wildman–Crippen MR) is 107 cm³/mol. The monoisotopic (exact) mass is 474 g/mol. The third-order valence-corrected chi connectivity index (χ3v) is 6.89. The summed E-state index contributed by atoms with van der Waals surface area (Å²) in [5, 5.41) is 2.45. The highest BCUT2D eigenvalue weighted by Gasteiger charge is 2.61. The van der Waals surface area contributed by atoms with Gasteiger partial charge < -0.3 is 19.9 Å². The Hall–Kier alpha value is -2.38. The lowest BCUT2D eigenvalue weighted by atomic mass is 9.98. The van der Waals surface area contributed by atoms with Crippen LogP contribution in [0.15, 0.2) is 6.33 Å². The van der Waals surface area contributed by atoms with Crippen molar-refractivity contribution in [2.45, 2.75) is 50.9 Å². The Kier molecular flexibility index (Phi) is 5.84. The molecule has 0 spiro atoms. The molecule has 176 valence electrons. The molecule has 13 nitrogen and oxygen atoms in total. The van der Waals surface area contributed by atoms with Gasteiger partial charge >= 0.3 is 13.7 Å². The van der Waals surface area contributed by atoms with Gasteiger partial charge in [0.1, 0.15) is 18.2 Å². The van der Waals surface area contributed by atoms with Gasteiger partial charge in [0.2, 0.25) is 11.8 Å². The summed E-state index contributed by atoms with van der Waals surface area (Å²) in [4.78, 5) is 24.0. The lowest BCUT2D eigenvalue weighted by molar-refractivity contribution is -0.142. The number of anilines is 1. The molecule has 3 N–H and O–H groups in total. The van der Waals surface area contributed by atoms with E-state index in [-0.39, 0.29) is 29.6 Å². The van der Waals surface area contributed by atoms with Crippen LogP contribution in [0.25, 0.3) is 11.2 Å². The maximum absolute atomic E-state index is 16.1. The summed E-state index contributed by atoms with van der Waals surface area (Å²) >= 11 is 0. The molecule has 0 saturated carbocycles. The average molecular weight is 474 g/mol. The van der Waals surface area contributed by atoms with Crippen molar-refractivity contribution in [1.29, 1.82) is 0 Å². The molecule has 2 saturated heterocycles. The molecular formula is C17H24FN6O7P. The maximum atomic E-state index is 16.1. The SMILES string of the molecule is CCOc1nc(N)nc2c1ncn2[C@@H]1O[C@@H]2CO[P@](=O)(N[C@@H](C)C(=O)OC)O[C@H]2[C@@]1(C)F. The normalized spacial score (nSPS) is 33.1. The molecule has 4 heterocycles. The first-order chi connectivity index (χ1) is 15.1. The van der Waals surface area contributed by atoms with E-state index in [0.717, 1.165) is 0 Å². The standard InChI is InChI=1S/C17H24FN6O7P/c1-5-28-13-10-12(21-16(19)22-13)24(7-20-10)15-17(3,18)11-9(30-15)6-29-32(26,31-11)23-8(2)14(25)27-4/h7-9,11,15H,5-6H2,1-4H3,(H,23,26)(H2,19,21,22)/t8-,9+,11+,15+,17+,32+/m0/s1. The number of aromatic nitrogens is 4. The van der Waals surface area contributed by atoms with Gasteiger partial charge in [0.25, 0.3) is 0 Å². The number of alkyl halides is 1. The topological polar surface area (TPSA) is 162 Å². The first-order valence-electron chi connectivity index (χ1n) is 9.85. The van der Waals surface area contributed by atoms with Crippen molar-refractivity contribution in [2.75, 3.05) is 26.1 Å². The highest BCUT2D eigenvalue weighted by Crippen LogP contribution is 2.57. The van der Waals surface area contributed by atoms with Gasteiger partial charge in [-0.2, -0.15) is 9.97 Å². The maximum Gasteiger partial charge on any atom is 0.406 e. The summed E-state index contributed by atoms with van der Waals surface area (Å²) < 4.78 is 57.1. The minimum absolute atomic E-state index is 0.0799. The third-order valence-electron chi connectivity index (χ3n) is 5.19. The van der Waals surface area contributed by atoms with Crippen molar-refractivity contribution >= 4 is 30.8 Å². The summed E-state index contributed by atoms with van der Waals surface area (Å²) in [6.07, 6.45) is -2.07. The van der Waals surface area contributed by atoms with Crippen LogP contribution in [0.1, 0.15) is 27.0 Å². The molecule has 0 aromatic carbocycles. The van der Waals surface area contributed by atoms with E-state index in [0.29, 0.717) is 6.61 Å². The summed E-state index contributed by atoms with van der Waals surface area (Å²) in [6.45, 7) is 4.54. The minimum Gasteiger partial charge on any atom is -0.476 e. The van der Waals surface area contributed by atoms with Gasteiger partial charge in [-0.05, 0) is 20.8 Å². The van der Waals surface area contributed by atoms with Gasteiger partial charge in [-0.15, -0.1) is 0 Å². The number of hydrogen-bond donors (Lipinski definition) is 2. The number of carbonyl (C=O) groups excluding carboxylic acids is 1. The van der Waals surface area contributed by atoms with E-state index in [1.807, 2.05) is 0 Å². The van der Waals surface area contributed by atoms with Gasteiger partial charge in [0.05, 0.1) is 26.7 Å². The number of carbonyl (C=O) groups is 1. The van der Waals surface area contributed by atoms with Crippen LogP contribution in [-0.2, 0) is 27.9 Å². The van der Waals surface area contributed by atoms with Crippen LogP contribution in [0.4, 0.5) is 10.3 Å². The average Bonchev–Trinajstić information content (AvgIpc) is 3.25. The van der Waals surface area contributed by atoms with Crippen LogP contribution in [0.3, 0.4) is 0 Å². The number of nitrogen functional groups attached to an aromatic ring is 1. The molecule has 0 amide bonds. The lowest BCUT2D eigenvalue weighted by Crippen LogP contribution is -2.47. The van der Waals surface area contributed by atoms with Gasteiger partial charge in [0, 0.05) is 0 Å². The smallest absolute Gasteiger partial charge is 0.406 e. The zero-order valence-electron chi connectivity index (χ0n) is 17.9. The van der Waals surface area contributed by atoms with Gasteiger partial charge in [-0.25, -0.2) is 19.0 Å². The van der Waals surface area contributed by atoms with E-state index in [9.17, 15) is 9.36 Å². The molecule has 2 aliphatic rings. The number of imidazole rings is 1. The number of hydrogen-bond acceptors (Lipinski definition) is 11. The number of rotatable bonds is 6. The first-order valence-corrected chi connectivity index (χ1v) is 11.4. The van der Waals surface area contributed by atoms with Crippen LogP contribution < -0.4 is 15.6 Å². The van der Waals surface area contributed by atoms with E-state index < -0.39 is 43.9 Å². The van der Waals surface area contributed by atoms with Crippen molar-refractivity contribution in [2.24, 2.45) is 0 Å². The van der Waals surface area contributed by atoms with Crippen molar-refractivity contribution in [3.63, 3.8) is 0 Å². The second-order valence-electron chi connectivity index (χ2n) is 7.52. The molecular weight excluding hydrogens is 450 g/mol. The van der Waals surface area contributed by atoms with E-state index in [1.54, 1.807) is 6.92 Å². The molecule has 2 aromatic heterocycles. The van der Waals surface area contributed by atoms with Gasteiger partial charge in [0.15, 0.2) is 23.1 Å². The molecule has 0 unspecified atom stereocenters. The van der Waals surface area contributed by atoms with Gasteiger partial charge in [-0.1, -0.05) is 0 Å². The van der Waals surface area contributed by atoms with Crippen molar-refractivity contribution in [3.8, 4) is 5.88 Å². The summed E-state index contributed by atoms with van der Waals surface area (Å²) in [6, 6.07) is -0.999. The Bertz CT molecular complexity index is 1080. The zero-order valence-corrected chi connectivity index (χ0v) is 18.7. The Morgan fingerprint density at radius 3 is 2.97 bits per heavy atom. The van der Waals surface area contributed by atoms with Crippen LogP contribution in [0.5, 0.6) is 5.88 Å². The fourth-order valence-electron chi connectivity index (χ4n) is 3.71. The van der Waals surface area contributed by atoms with Crippen molar-refractivity contribution in [3.05, 3.63) is 6.33 Å². The number of fused-ring (bicyclic) bond motifs is 2. The molecule has 2 aliphatic heterocycles. The van der Waals surface area contributed by atoms with Crippen LogP contribution in [0.2, 0.25) is 0 Å². The molecule has 32 heavy (non-hydrogen) atoms. The number of nitrogens with one attached hydrogen (secondary N) is 1. The molecule has 0 radical (unpaired) electrons. The molecule has 6 atom stereocenters. The molecule has 0 aliphatic carbocycles. The Morgan fingerprint density at radius 1 is 1.53 bits per heavy atom. The Labute approximate surface area is 182 Å². The summed E-state index contributed by atoms with van der Waals surface area (Å²) in [7, 11) is -2.84. The van der Waals surface area contributed by atoms with E-state index in [2.05, 4.69) is 24.8 Å². The minimum atomic E-state index is -4.02. The quantitative estimate of drug-likeness (QED) is 0.454. The molecule has 2 aromatic rings. The Morgan fingerprint density at radius 2 is 2.28 bits per heavy atom. The van der Waals surface area contributed by atoms with Crippen LogP contribution >= 0.6 is 7.75 Å². The number of methoxy groups -OCH3 is 1. The van der Waals surface area contributed by atoms with Crippen molar-refractivity contribution < 1.29 is 37.0 Å². The fraction of sp³-hybridized carbons (Fsp3) is 0.647. The summed E-state index contributed by atoms with van der Waals surface area (Å²) in [5.41, 5.74) is 4.09. The molecule has 2 fully saturated rings. The third kappa shape index (κ3) is 3.82. The van der Waals surface area contributed by atoms with E-state index >= 15 is 4.39 Å². The second kappa shape index (κ2) is 8.19. The highest BCUT2D eigenvalue weighted by molar-refractivity contribution is 7.51.